The molecule has 112 valence electrons. The molecule has 0 bridgehead atoms. The van der Waals surface area contributed by atoms with Crippen LogP contribution in [-0.4, -0.2) is 14.2 Å². The number of hydrogen-bond donors (Lipinski definition) is 1. The summed E-state index contributed by atoms with van der Waals surface area (Å²) < 4.78 is 43.0. The average Bonchev–Trinajstić information content (AvgIpc) is 2.45. The van der Waals surface area contributed by atoms with Gasteiger partial charge in [-0.3, -0.25) is 0 Å². The minimum absolute atomic E-state index is 0.0649. The molecule has 2 aromatic carbocycles. The lowest BCUT2D eigenvalue weighted by molar-refractivity contribution is -0.137. The minimum Gasteiger partial charge on any atom is -0.497 e. The fourth-order valence-electron chi connectivity index (χ4n) is 1.99. The molecule has 0 aliphatic carbocycles. The van der Waals surface area contributed by atoms with E-state index in [4.69, 9.17) is 10.5 Å². The topological polar surface area (TPSA) is 38.5 Å². The third-order valence-corrected chi connectivity index (χ3v) is 3.16. The highest BCUT2D eigenvalue weighted by atomic mass is 19.4. The van der Waals surface area contributed by atoms with Gasteiger partial charge in [0.05, 0.1) is 24.0 Å². The van der Waals surface area contributed by atoms with Gasteiger partial charge in [0.2, 0.25) is 0 Å². The Morgan fingerprint density at radius 1 is 1.10 bits per heavy atom. The maximum absolute atomic E-state index is 12.6. The van der Waals surface area contributed by atoms with Crippen LogP contribution in [0.5, 0.6) is 5.75 Å². The molecule has 0 unspecified atom stereocenters. The van der Waals surface area contributed by atoms with E-state index in [1.54, 1.807) is 37.3 Å². The number of anilines is 3. The van der Waals surface area contributed by atoms with Crippen LogP contribution in [-0.2, 0) is 6.18 Å². The van der Waals surface area contributed by atoms with E-state index in [0.29, 0.717) is 11.4 Å². The SMILES string of the molecule is COc1cccc(N(C)c2ccc(C(F)(F)F)cc2N)c1. The summed E-state index contributed by atoms with van der Waals surface area (Å²) in [7, 11) is 3.28. The summed E-state index contributed by atoms with van der Waals surface area (Å²) >= 11 is 0. The van der Waals surface area contributed by atoms with Gasteiger partial charge in [-0.15, -0.1) is 0 Å². The highest BCUT2D eigenvalue weighted by molar-refractivity contribution is 5.75. The van der Waals surface area contributed by atoms with Gasteiger partial charge in [-0.1, -0.05) is 6.07 Å². The van der Waals surface area contributed by atoms with Gasteiger partial charge < -0.3 is 15.4 Å². The summed E-state index contributed by atoms with van der Waals surface area (Å²) in [5, 5.41) is 0. The third kappa shape index (κ3) is 3.21. The molecule has 2 N–H and O–H groups in total. The van der Waals surface area contributed by atoms with Crippen molar-refractivity contribution < 1.29 is 17.9 Å². The van der Waals surface area contributed by atoms with Crippen molar-refractivity contribution in [3.63, 3.8) is 0 Å². The zero-order chi connectivity index (χ0) is 15.6. The molecular weight excluding hydrogens is 281 g/mol. The molecule has 0 radical (unpaired) electrons. The molecule has 0 heterocycles. The number of nitrogen functional groups attached to an aromatic ring is 1. The molecule has 0 aromatic heterocycles. The van der Waals surface area contributed by atoms with Crippen molar-refractivity contribution in [1.82, 2.24) is 0 Å². The molecule has 6 heteroatoms. The minimum atomic E-state index is -4.40. The molecule has 21 heavy (non-hydrogen) atoms. The van der Waals surface area contributed by atoms with Crippen LogP contribution in [0, 0.1) is 0 Å². The second-order valence-corrected chi connectivity index (χ2v) is 4.53. The van der Waals surface area contributed by atoms with Crippen molar-refractivity contribution in [1.29, 1.82) is 0 Å². The van der Waals surface area contributed by atoms with Crippen molar-refractivity contribution in [3.05, 3.63) is 48.0 Å². The first kappa shape index (κ1) is 15.0. The summed E-state index contributed by atoms with van der Waals surface area (Å²) in [4.78, 5) is 1.71. The predicted octanol–water partition coefficient (Wildman–Crippen LogP) is 4.06. The van der Waals surface area contributed by atoms with Crippen molar-refractivity contribution >= 4 is 17.1 Å². The number of benzene rings is 2. The Bertz CT molecular complexity index is 641. The molecule has 0 aliphatic rings. The Balaban J connectivity index is 2.37. The summed E-state index contributed by atoms with van der Waals surface area (Å²) in [5.41, 5.74) is 6.32. The Hall–Kier alpha value is -2.37. The van der Waals surface area contributed by atoms with Crippen LogP contribution >= 0.6 is 0 Å². The zero-order valence-corrected chi connectivity index (χ0v) is 11.6. The quantitative estimate of drug-likeness (QED) is 0.868. The molecule has 3 nitrogen and oxygen atoms in total. The van der Waals surface area contributed by atoms with Crippen LogP contribution in [0.1, 0.15) is 5.56 Å². The number of halogens is 3. The first-order chi connectivity index (χ1) is 9.82. The van der Waals surface area contributed by atoms with Gasteiger partial charge in [-0.25, -0.2) is 0 Å². The monoisotopic (exact) mass is 296 g/mol. The smallest absolute Gasteiger partial charge is 0.416 e. The molecule has 0 fully saturated rings. The lowest BCUT2D eigenvalue weighted by Gasteiger charge is -2.22. The molecule has 0 amide bonds. The Kier molecular flexibility index (Phi) is 3.97. The average molecular weight is 296 g/mol. The van der Waals surface area contributed by atoms with Crippen LogP contribution in [0.2, 0.25) is 0 Å². The van der Waals surface area contributed by atoms with Crippen LogP contribution in [0.15, 0.2) is 42.5 Å². The Labute approximate surface area is 120 Å². The summed E-state index contributed by atoms with van der Waals surface area (Å²) in [6.07, 6.45) is -4.40. The Morgan fingerprint density at radius 3 is 2.38 bits per heavy atom. The Morgan fingerprint density at radius 2 is 1.81 bits per heavy atom. The first-order valence-corrected chi connectivity index (χ1v) is 6.17. The number of rotatable bonds is 3. The van der Waals surface area contributed by atoms with E-state index in [0.717, 1.165) is 17.8 Å². The normalized spacial score (nSPS) is 11.3. The van der Waals surface area contributed by atoms with Gasteiger partial charge in [0.25, 0.3) is 0 Å². The molecule has 2 rings (SSSR count). The first-order valence-electron chi connectivity index (χ1n) is 6.17. The lowest BCUT2D eigenvalue weighted by Crippen LogP contribution is -2.13. The van der Waals surface area contributed by atoms with E-state index < -0.39 is 11.7 Å². The van der Waals surface area contributed by atoms with Crippen LogP contribution in [0.25, 0.3) is 0 Å². The van der Waals surface area contributed by atoms with E-state index in [1.165, 1.54) is 6.07 Å². The van der Waals surface area contributed by atoms with Gasteiger partial charge >= 0.3 is 6.18 Å². The molecule has 0 saturated carbocycles. The van der Waals surface area contributed by atoms with Crippen LogP contribution < -0.4 is 15.4 Å². The van der Waals surface area contributed by atoms with E-state index in [2.05, 4.69) is 0 Å². The largest absolute Gasteiger partial charge is 0.497 e. The second kappa shape index (κ2) is 5.55. The van der Waals surface area contributed by atoms with Gasteiger partial charge in [0.15, 0.2) is 0 Å². The van der Waals surface area contributed by atoms with Crippen molar-refractivity contribution in [3.8, 4) is 5.75 Å². The van der Waals surface area contributed by atoms with E-state index in [-0.39, 0.29) is 5.69 Å². The highest BCUT2D eigenvalue weighted by Crippen LogP contribution is 2.36. The molecule has 0 spiro atoms. The maximum atomic E-state index is 12.6. The molecule has 0 saturated heterocycles. The van der Waals surface area contributed by atoms with E-state index >= 15 is 0 Å². The number of methoxy groups -OCH3 is 1. The molecular formula is C15H15F3N2O. The standard InChI is InChI=1S/C15H15F3N2O/c1-20(11-4-3-5-12(9-11)21-2)14-7-6-10(8-13(14)19)15(16,17)18/h3-9H,19H2,1-2H3. The molecule has 0 aliphatic heterocycles. The van der Waals surface area contributed by atoms with Crippen molar-refractivity contribution in [2.75, 3.05) is 24.8 Å². The van der Waals surface area contributed by atoms with Gasteiger partial charge in [-0.05, 0) is 30.3 Å². The van der Waals surface area contributed by atoms with Gasteiger partial charge in [0.1, 0.15) is 5.75 Å². The molecule has 0 atom stereocenters. The van der Waals surface area contributed by atoms with E-state index in [1.807, 2.05) is 6.07 Å². The van der Waals surface area contributed by atoms with Crippen LogP contribution in [0.4, 0.5) is 30.2 Å². The lowest BCUT2D eigenvalue weighted by atomic mass is 10.1. The maximum Gasteiger partial charge on any atom is 0.416 e. The number of alkyl halides is 3. The fraction of sp³-hybridized carbons (Fsp3) is 0.200. The second-order valence-electron chi connectivity index (χ2n) is 4.53. The summed E-state index contributed by atoms with van der Waals surface area (Å²) in [5.74, 6) is 0.657. The molecule has 2 aromatic rings. The van der Waals surface area contributed by atoms with Crippen LogP contribution in [0.3, 0.4) is 0 Å². The van der Waals surface area contributed by atoms with Crippen molar-refractivity contribution in [2.24, 2.45) is 0 Å². The van der Waals surface area contributed by atoms with E-state index in [9.17, 15) is 13.2 Å². The number of hydrogen-bond acceptors (Lipinski definition) is 3. The fourth-order valence-corrected chi connectivity index (χ4v) is 1.99. The van der Waals surface area contributed by atoms with Crippen molar-refractivity contribution in [2.45, 2.75) is 6.18 Å². The summed E-state index contributed by atoms with van der Waals surface area (Å²) in [6.45, 7) is 0. The zero-order valence-electron chi connectivity index (χ0n) is 11.6. The van der Waals surface area contributed by atoms with Gasteiger partial charge in [0, 0.05) is 18.8 Å². The number of nitrogens with zero attached hydrogens (tertiary/aromatic N) is 1. The third-order valence-electron chi connectivity index (χ3n) is 3.16. The number of nitrogens with two attached hydrogens (primary N) is 1. The predicted molar refractivity (Wildman–Crippen MR) is 76.9 cm³/mol. The highest BCUT2D eigenvalue weighted by Gasteiger charge is 2.31. The summed E-state index contributed by atoms with van der Waals surface area (Å²) in [6, 6.07) is 10.5. The van der Waals surface area contributed by atoms with Gasteiger partial charge in [-0.2, -0.15) is 13.2 Å². The number of ether oxygens (including phenoxy) is 1.